The van der Waals surface area contributed by atoms with Gasteiger partial charge in [0.2, 0.25) is 27.7 Å². The van der Waals surface area contributed by atoms with Gasteiger partial charge in [-0.05, 0) is 61.8 Å². The van der Waals surface area contributed by atoms with E-state index < -0.39 is 38.8 Å². The SMILES string of the molecule is O=S(=O)(Cc1ccccc1)Nc1ccc(Oc2ncccc2-c2ccnc(NC3CCNCC3)n2)c(F)c1F. The maximum absolute atomic E-state index is 15.0. The maximum atomic E-state index is 15.0. The molecule has 0 spiro atoms. The van der Waals surface area contributed by atoms with Crippen LogP contribution in [0.15, 0.2) is 73.1 Å². The third-order valence-corrected chi connectivity index (χ3v) is 7.34. The summed E-state index contributed by atoms with van der Waals surface area (Å²) in [4.78, 5) is 13.0. The summed E-state index contributed by atoms with van der Waals surface area (Å²) < 4.78 is 62.7. The van der Waals surface area contributed by atoms with Gasteiger partial charge in [0.15, 0.2) is 11.6 Å². The van der Waals surface area contributed by atoms with Crippen molar-refractivity contribution < 1.29 is 21.9 Å². The Morgan fingerprint density at radius 1 is 0.923 bits per heavy atom. The number of hydrogen-bond acceptors (Lipinski definition) is 8. The van der Waals surface area contributed by atoms with E-state index in [1.54, 1.807) is 54.7 Å². The fourth-order valence-corrected chi connectivity index (χ4v) is 5.38. The van der Waals surface area contributed by atoms with E-state index in [-0.39, 0.29) is 11.9 Å². The Hall–Kier alpha value is -4.16. The second-order valence-corrected chi connectivity index (χ2v) is 10.7. The maximum Gasteiger partial charge on any atom is 0.237 e. The van der Waals surface area contributed by atoms with Crippen LogP contribution >= 0.6 is 0 Å². The molecule has 0 amide bonds. The molecule has 5 rings (SSSR count). The largest absolute Gasteiger partial charge is 0.435 e. The lowest BCUT2D eigenvalue weighted by Crippen LogP contribution is -2.35. The minimum Gasteiger partial charge on any atom is -0.435 e. The van der Waals surface area contributed by atoms with Gasteiger partial charge in [0.05, 0.1) is 22.7 Å². The van der Waals surface area contributed by atoms with E-state index >= 15 is 4.39 Å². The monoisotopic (exact) mass is 552 g/mol. The van der Waals surface area contributed by atoms with Gasteiger partial charge >= 0.3 is 0 Å². The lowest BCUT2D eigenvalue weighted by atomic mass is 10.1. The van der Waals surface area contributed by atoms with E-state index in [1.807, 2.05) is 0 Å². The van der Waals surface area contributed by atoms with E-state index in [4.69, 9.17) is 4.74 Å². The molecule has 0 unspecified atom stereocenters. The molecular formula is C27H26F2N6O3S. The molecule has 1 aliphatic rings. The van der Waals surface area contributed by atoms with E-state index in [9.17, 15) is 12.8 Å². The molecule has 4 aromatic rings. The number of anilines is 2. The first-order valence-electron chi connectivity index (χ1n) is 12.3. The molecule has 12 heteroatoms. The first-order valence-corrected chi connectivity index (χ1v) is 14.0. The van der Waals surface area contributed by atoms with Gasteiger partial charge in [-0.3, -0.25) is 4.72 Å². The van der Waals surface area contributed by atoms with E-state index in [2.05, 4.69) is 30.3 Å². The quantitative estimate of drug-likeness (QED) is 0.273. The fourth-order valence-electron chi connectivity index (χ4n) is 4.18. The third-order valence-electron chi connectivity index (χ3n) is 6.09. The summed E-state index contributed by atoms with van der Waals surface area (Å²) in [5.41, 5.74) is 0.908. The summed E-state index contributed by atoms with van der Waals surface area (Å²) in [5, 5.41) is 6.63. The zero-order valence-corrected chi connectivity index (χ0v) is 21.6. The highest BCUT2D eigenvalue weighted by Crippen LogP contribution is 2.34. The Morgan fingerprint density at radius 2 is 1.72 bits per heavy atom. The number of halogens is 2. The minimum absolute atomic E-state index is 0.000255. The highest BCUT2D eigenvalue weighted by molar-refractivity contribution is 7.91. The van der Waals surface area contributed by atoms with Crippen LogP contribution in [0.1, 0.15) is 18.4 Å². The zero-order chi connectivity index (χ0) is 27.2. The Balaban J connectivity index is 1.35. The number of piperidine rings is 1. The van der Waals surface area contributed by atoms with Crippen LogP contribution in [0.25, 0.3) is 11.3 Å². The van der Waals surface area contributed by atoms with Gasteiger partial charge in [0.1, 0.15) is 0 Å². The fraction of sp³-hybridized carbons (Fsp3) is 0.222. The van der Waals surface area contributed by atoms with E-state index in [0.717, 1.165) is 38.1 Å². The van der Waals surface area contributed by atoms with Gasteiger partial charge in [-0.1, -0.05) is 30.3 Å². The predicted molar refractivity (Wildman–Crippen MR) is 144 cm³/mol. The molecule has 0 aliphatic carbocycles. The number of nitrogens with one attached hydrogen (secondary N) is 3. The number of hydrogen-bond donors (Lipinski definition) is 3. The molecule has 1 aliphatic heterocycles. The van der Waals surface area contributed by atoms with Gasteiger partial charge < -0.3 is 15.4 Å². The Bertz CT molecular complexity index is 1550. The van der Waals surface area contributed by atoms with Gasteiger partial charge in [-0.2, -0.15) is 4.39 Å². The first kappa shape index (κ1) is 26.4. The predicted octanol–water partition coefficient (Wildman–Crippen LogP) is 4.71. The molecule has 0 radical (unpaired) electrons. The Kier molecular flexibility index (Phi) is 7.94. The highest BCUT2D eigenvalue weighted by Gasteiger charge is 2.21. The molecule has 2 aromatic carbocycles. The van der Waals surface area contributed by atoms with Crippen LogP contribution < -0.4 is 20.1 Å². The standard InChI is InChI=1S/C27H26F2N6O3S/c28-24-22(35-39(36,37)17-18-5-2-1-3-6-18)8-9-23(25(24)29)38-26-20(7-4-13-31-26)21-12-16-32-27(34-21)33-19-10-14-30-15-11-19/h1-9,12-13,16,19,30,35H,10-11,14-15,17H2,(H,32,33,34). The highest BCUT2D eigenvalue weighted by atomic mass is 32.2. The van der Waals surface area contributed by atoms with Crippen molar-refractivity contribution in [1.29, 1.82) is 0 Å². The summed E-state index contributed by atoms with van der Waals surface area (Å²) in [5.74, 6) is -3.16. The lowest BCUT2D eigenvalue weighted by Gasteiger charge is -2.23. The zero-order valence-electron chi connectivity index (χ0n) is 20.8. The summed E-state index contributed by atoms with van der Waals surface area (Å²) in [6.45, 7) is 1.82. The van der Waals surface area contributed by atoms with E-state index in [1.165, 1.54) is 6.20 Å². The summed E-state index contributed by atoms with van der Waals surface area (Å²) >= 11 is 0. The van der Waals surface area contributed by atoms with Gasteiger partial charge in [0.25, 0.3) is 0 Å². The summed E-state index contributed by atoms with van der Waals surface area (Å²) in [6.07, 6.45) is 4.93. The minimum atomic E-state index is -3.99. The molecule has 2 aromatic heterocycles. The van der Waals surface area contributed by atoms with Gasteiger partial charge in [-0.25, -0.2) is 27.8 Å². The average molecular weight is 553 g/mol. The molecule has 39 heavy (non-hydrogen) atoms. The van der Waals surface area contributed by atoms with Crippen LogP contribution in [-0.4, -0.2) is 42.5 Å². The molecule has 1 fully saturated rings. The Labute approximate surface area is 224 Å². The third kappa shape index (κ3) is 6.65. The first-order chi connectivity index (χ1) is 18.9. The van der Waals surface area contributed by atoms with Crippen molar-refractivity contribution in [2.24, 2.45) is 0 Å². The van der Waals surface area contributed by atoms with Crippen molar-refractivity contribution in [2.75, 3.05) is 23.1 Å². The summed E-state index contributed by atoms with van der Waals surface area (Å²) in [7, 11) is -3.99. The average Bonchev–Trinajstić information content (AvgIpc) is 2.94. The lowest BCUT2D eigenvalue weighted by molar-refractivity contribution is 0.407. The number of nitrogens with zero attached hydrogens (tertiary/aromatic N) is 3. The van der Waals surface area contributed by atoms with Gasteiger partial charge in [0, 0.05) is 18.4 Å². The van der Waals surface area contributed by atoms with Gasteiger partial charge in [-0.15, -0.1) is 0 Å². The second-order valence-electron chi connectivity index (χ2n) is 8.98. The number of benzene rings is 2. The number of sulfonamides is 1. The number of aromatic nitrogens is 3. The molecule has 0 bridgehead atoms. The van der Waals surface area contributed by atoms with Crippen LogP contribution in [0.5, 0.6) is 11.6 Å². The van der Waals surface area contributed by atoms with Crippen molar-refractivity contribution in [3.8, 4) is 22.9 Å². The molecule has 3 N–H and O–H groups in total. The smallest absolute Gasteiger partial charge is 0.237 e. The summed E-state index contributed by atoms with van der Waals surface area (Å²) in [6, 6.07) is 15.9. The van der Waals surface area contributed by atoms with Crippen LogP contribution in [0.4, 0.5) is 20.4 Å². The number of rotatable bonds is 9. The molecule has 0 atom stereocenters. The van der Waals surface area contributed by atoms with E-state index in [0.29, 0.717) is 22.8 Å². The topological polar surface area (TPSA) is 118 Å². The molecule has 9 nitrogen and oxygen atoms in total. The van der Waals surface area contributed by atoms with Crippen LogP contribution in [0.2, 0.25) is 0 Å². The normalized spacial score (nSPS) is 14.1. The second kappa shape index (κ2) is 11.7. The molecule has 0 saturated carbocycles. The Morgan fingerprint density at radius 3 is 2.51 bits per heavy atom. The number of pyridine rings is 1. The van der Waals surface area contributed by atoms with Crippen molar-refractivity contribution in [3.63, 3.8) is 0 Å². The van der Waals surface area contributed by atoms with Crippen molar-refractivity contribution in [3.05, 3.63) is 90.3 Å². The molecular weight excluding hydrogens is 526 g/mol. The number of ether oxygens (including phenoxy) is 1. The van der Waals surface area contributed by atoms with Crippen molar-refractivity contribution in [1.82, 2.24) is 20.3 Å². The van der Waals surface area contributed by atoms with Crippen LogP contribution in [0.3, 0.4) is 0 Å². The molecule has 202 valence electrons. The molecule has 3 heterocycles. The van der Waals surface area contributed by atoms with Crippen molar-refractivity contribution in [2.45, 2.75) is 24.6 Å². The van der Waals surface area contributed by atoms with Crippen LogP contribution in [0, 0.1) is 11.6 Å². The molecule has 1 saturated heterocycles. The van der Waals surface area contributed by atoms with Crippen LogP contribution in [-0.2, 0) is 15.8 Å². The van der Waals surface area contributed by atoms with Crippen molar-refractivity contribution >= 4 is 21.7 Å².